The normalized spacial score (nSPS) is 16.8. The molecule has 0 aliphatic heterocycles. The minimum atomic E-state index is 0.530. The molecular weight excluding hydrogens is 164 g/mol. The van der Waals surface area contributed by atoms with Crippen molar-refractivity contribution in [2.45, 2.75) is 32.1 Å². The van der Waals surface area contributed by atoms with Crippen LogP contribution in [0.1, 0.15) is 36.6 Å². The van der Waals surface area contributed by atoms with Gasteiger partial charge in [-0.15, -0.1) is 0 Å². The Labute approximate surface area is 77.5 Å². The highest BCUT2D eigenvalue weighted by molar-refractivity contribution is 5.28. The van der Waals surface area contributed by atoms with E-state index in [9.17, 15) is 0 Å². The van der Waals surface area contributed by atoms with Crippen molar-refractivity contribution in [2.24, 2.45) is 5.84 Å². The van der Waals surface area contributed by atoms with Gasteiger partial charge in [0.2, 0.25) is 5.95 Å². The summed E-state index contributed by atoms with van der Waals surface area (Å²) in [5, 5.41) is 0. The third-order valence-electron chi connectivity index (χ3n) is 2.53. The van der Waals surface area contributed by atoms with Gasteiger partial charge in [0.1, 0.15) is 0 Å². The van der Waals surface area contributed by atoms with Crippen molar-refractivity contribution in [1.82, 2.24) is 9.97 Å². The molecule has 4 heteroatoms. The van der Waals surface area contributed by atoms with E-state index in [0.29, 0.717) is 11.9 Å². The van der Waals surface area contributed by atoms with Crippen molar-refractivity contribution >= 4 is 5.95 Å². The summed E-state index contributed by atoms with van der Waals surface area (Å²) in [7, 11) is 0. The average Bonchev–Trinajstić information content (AvgIpc) is 2.00. The Morgan fingerprint density at radius 1 is 1.46 bits per heavy atom. The number of nitrogen functional groups attached to an aromatic ring is 1. The van der Waals surface area contributed by atoms with E-state index in [0.717, 1.165) is 11.4 Å². The Balaban J connectivity index is 2.28. The molecule has 70 valence electrons. The number of nitrogens with zero attached hydrogens (tertiary/aromatic N) is 2. The molecular formula is C9H14N4. The van der Waals surface area contributed by atoms with E-state index in [4.69, 9.17) is 5.84 Å². The molecule has 0 atom stereocenters. The van der Waals surface area contributed by atoms with E-state index in [1.807, 2.05) is 13.0 Å². The first-order chi connectivity index (χ1) is 6.29. The van der Waals surface area contributed by atoms with Crippen molar-refractivity contribution in [3.63, 3.8) is 0 Å². The first kappa shape index (κ1) is 8.44. The maximum absolute atomic E-state index is 5.27. The monoisotopic (exact) mass is 178 g/mol. The molecule has 3 N–H and O–H groups in total. The summed E-state index contributed by atoms with van der Waals surface area (Å²) in [5.41, 5.74) is 4.60. The third kappa shape index (κ3) is 1.62. The summed E-state index contributed by atoms with van der Waals surface area (Å²) in [6.07, 6.45) is 3.82. The fraction of sp³-hybridized carbons (Fsp3) is 0.556. The van der Waals surface area contributed by atoms with Gasteiger partial charge >= 0.3 is 0 Å². The van der Waals surface area contributed by atoms with Crippen LogP contribution in [0.15, 0.2) is 6.07 Å². The number of hydrogen-bond acceptors (Lipinski definition) is 4. The Bertz CT molecular complexity index is 306. The van der Waals surface area contributed by atoms with E-state index in [-0.39, 0.29) is 0 Å². The van der Waals surface area contributed by atoms with E-state index in [1.54, 1.807) is 0 Å². The molecule has 0 bridgehead atoms. The van der Waals surface area contributed by atoms with Crippen LogP contribution in [-0.4, -0.2) is 9.97 Å². The fourth-order valence-electron chi connectivity index (χ4n) is 1.57. The zero-order chi connectivity index (χ0) is 9.26. The predicted molar refractivity (Wildman–Crippen MR) is 51.2 cm³/mol. The number of hydrazine groups is 1. The summed E-state index contributed by atoms with van der Waals surface area (Å²) in [6.45, 7) is 1.96. The summed E-state index contributed by atoms with van der Waals surface area (Å²) in [6, 6.07) is 2.05. The molecule has 1 aromatic heterocycles. The topological polar surface area (TPSA) is 63.8 Å². The molecule has 13 heavy (non-hydrogen) atoms. The van der Waals surface area contributed by atoms with Crippen LogP contribution in [0.2, 0.25) is 0 Å². The lowest BCUT2D eigenvalue weighted by Crippen LogP contribution is -2.16. The first-order valence-corrected chi connectivity index (χ1v) is 4.62. The van der Waals surface area contributed by atoms with E-state index in [2.05, 4.69) is 15.4 Å². The number of nitrogens with two attached hydrogens (primary N) is 1. The van der Waals surface area contributed by atoms with Gasteiger partial charge in [-0.25, -0.2) is 15.8 Å². The van der Waals surface area contributed by atoms with Gasteiger partial charge in [-0.3, -0.25) is 5.43 Å². The minimum Gasteiger partial charge on any atom is -0.292 e. The molecule has 0 amide bonds. The number of aromatic nitrogens is 2. The van der Waals surface area contributed by atoms with Gasteiger partial charge in [0, 0.05) is 17.3 Å². The standard InChI is InChI=1S/C9H14N4/c1-6-5-8(7-3-2-4-7)12-9(11-6)13-10/h5,7H,2-4,10H2,1H3,(H,11,12,13). The number of rotatable bonds is 2. The lowest BCUT2D eigenvalue weighted by molar-refractivity contribution is 0.410. The Morgan fingerprint density at radius 3 is 2.77 bits per heavy atom. The second-order valence-corrected chi connectivity index (χ2v) is 3.53. The van der Waals surface area contributed by atoms with Crippen LogP contribution in [0.25, 0.3) is 0 Å². The minimum absolute atomic E-state index is 0.530. The number of hydrogen-bond donors (Lipinski definition) is 2. The molecule has 0 spiro atoms. The highest BCUT2D eigenvalue weighted by atomic mass is 15.3. The molecule has 1 heterocycles. The first-order valence-electron chi connectivity index (χ1n) is 4.62. The van der Waals surface area contributed by atoms with Crippen LogP contribution >= 0.6 is 0 Å². The van der Waals surface area contributed by atoms with Crippen molar-refractivity contribution in [3.8, 4) is 0 Å². The van der Waals surface area contributed by atoms with Gasteiger partial charge in [-0.05, 0) is 25.8 Å². The summed E-state index contributed by atoms with van der Waals surface area (Å²) in [5.74, 6) is 6.43. The van der Waals surface area contributed by atoms with Gasteiger partial charge in [0.25, 0.3) is 0 Å². The second kappa shape index (κ2) is 3.30. The lowest BCUT2D eigenvalue weighted by Gasteiger charge is -2.24. The van der Waals surface area contributed by atoms with Gasteiger partial charge in [-0.2, -0.15) is 0 Å². The van der Waals surface area contributed by atoms with Gasteiger partial charge in [0.15, 0.2) is 0 Å². The molecule has 1 fully saturated rings. The second-order valence-electron chi connectivity index (χ2n) is 3.53. The van der Waals surface area contributed by atoms with E-state index < -0.39 is 0 Å². The molecule has 1 aliphatic carbocycles. The van der Waals surface area contributed by atoms with Crippen molar-refractivity contribution in [2.75, 3.05) is 5.43 Å². The molecule has 0 aromatic carbocycles. The third-order valence-corrected chi connectivity index (χ3v) is 2.53. The molecule has 0 radical (unpaired) electrons. The smallest absolute Gasteiger partial charge is 0.237 e. The van der Waals surface area contributed by atoms with E-state index in [1.165, 1.54) is 19.3 Å². The van der Waals surface area contributed by atoms with Crippen LogP contribution in [0.5, 0.6) is 0 Å². The highest BCUT2D eigenvalue weighted by Crippen LogP contribution is 2.35. The summed E-state index contributed by atoms with van der Waals surface area (Å²) >= 11 is 0. The maximum atomic E-state index is 5.27. The number of anilines is 1. The fourth-order valence-corrected chi connectivity index (χ4v) is 1.57. The maximum Gasteiger partial charge on any atom is 0.237 e. The molecule has 4 nitrogen and oxygen atoms in total. The zero-order valence-corrected chi connectivity index (χ0v) is 7.75. The molecule has 0 unspecified atom stereocenters. The molecule has 0 saturated heterocycles. The van der Waals surface area contributed by atoms with Gasteiger partial charge in [0.05, 0.1) is 0 Å². The molecule has 1 aliphatic rings. The van der Waals surface area contributed by atoms with Crippen LogP contribution in [0.3, 0.4) is 0 Å². The Kier molecular flexibility index (Phi) is 2.14. The molecule has 1 aromatic rings. The summed E-state index contributed by atoms with van der Waals surface area (Å²) < 4.78 is 0. The largest absolute Gasteiger partial charge is 0.292 e. The quantitative estimate of drug-likeness (QED) is 0.530. The number of aryl methyl sites for hydroxylation is 1. The van der Waals surface area contributed by atoms with E-state index >= 15 is 0 Å². The van der Waals surface area contributed by atoms with Crippen molar-refractivity contribution in [3.05, 3.63) is 17.5 Å². The van der Waals surface area contributed by atoms with Crippen LogP contribution < -0.4 is 11.3 Å². The molecule has 2 rings (SSSR count). The predicted octanol–water partition coefficient (Wildman–Crippen LogP) is 1.34. The zero-order valence-electron chi connectivity index (χ0n) is 7.75. The Morgan fingerprint density at radius 2 is 2.23 bits per heavy atom. The van der Waals surface area contributed by atoms with Gasteiger partial charge in [-0.1, -0.05) is 6.42 Å². The summed E-state index contributed by atoms with van der Waals surface area (Å²) in [4.78, 5) is 8.47. The molecule has 1 saturated carbocycles. The van der Waals surface area contributed by atoms with Gasteiger partial charge < -0.3 is 0 Å². The van der Waals surface area contributed by atoms with Crippen LogP contribution in [-0.2, 0) is 0 Å². The van der Waals surface area contributed by atoms with Crippen LogP contribution in [0.4, 0.5) is 5.95 Å². The highest BCUT2D eigenvalue weighted by Gasteiger charge is 2.21. The lowest BCUT2D eigenvalue weighted by atomic mass is 9.83. The SMILES string of the molecule is Cc1cc(C2CCC2)nc(NN)n1. The number of nitrogens with one attached hydrogen (secondary N) is 1. The Hall–Kier alpha value is -1.16. The van der Waals surface area contributed by atoms with Crippen LogP contribution in [0, 0.1) is 6.92 Å². The van der Waals surface area contributed by atoms with Crippen molar-refractivity contribution in [1.29, 1.82) is 0 Å². The average molecular weight is 178 g/mol. The van der Waals surface area contributed by atoms with Crippen molar-refractivity contribution < 1.29 is 0 Å².